The van der Waals surface area contributed by atoms with E-state index in [1.807, 2.05) is 0 Å². The molecule has 156 valence electrons. The highest BCUT2D eigenvalue weighted by Crippen LogP contribution is 2.44. The molecule has 0 bridgehead atoms. The lowest BCUT2D eigenvalue weighted by Crippen LogP contribution is -2.52. The molecule has 0 aliphatic carbocycles. The molecule has 2 aromatic rings. The van der Waals surface area contributed by atoms with Gasteiger partial charge in [0.2, 0.25) is 0 Å². The van der Waals surface area contributed by atoms with Crippen LogP contribution in [0.5, 0.6) is 11.5 Å². The number of hydrogen-bond acceptors (Lipinski definition) is 5. The van der Waals surface area contributed by atoms with Crippen molar-refractivity contribution in [2.75, 3.05) is 13.1 Å². The van der Waals surface area contributed by atoms with Gasteiger partial charge in [0.05, 0.1) is 17.0 Å². The Labute approximate surface area is 183 Å². The van der Waals surface area contributed by atoms with Crippen molar-refractivity contribution in [3.63, 3.8) is 0 Å². The van der Waals surface area contributed by atoms with E-state index in [1.54, 1.807) is 41.3 Å². The number of hydrogen-bond donors (Lipinski definition) is 0. The number of fused-ring (bicyclic) bond motifs is 1. The molecule has 2 aromatic carbocycles. The molecule has 0 radical (unpaired) electrons. The fourth-order valence-electron chi connectivity index (χ4n) is 3.95. The van der Waals surface area contributed by atoms with Crippen molar-refractivity contribution in [1.29, 1.82) is 0 Å². The first-order chi connectivity index (χ1) is 14.3. The van der Waals surface area contributed by atoms with Crippen molar-refractivity contribution in [3.05, 3.63) is 57.6 Å². The van der Waals surface area contributed by atoms with Gasteiger partial charge in [0, 0.05) is 43.4 Å². The van der Waals surface area contributed by atoms with Crippen LogP contribution in [-0.4, -0.2) is 41.3 Å². The van der Waals surface area contributed by atoms with Gasteiger partial charge in [0.25, 0.3) is 5.91 Å². The molecule has 0 unspecified atom stereocenters. The summed E-state index contributed by atoms with van der Waals surface area (Å²) in [5, 5.41) is 0.703. The molecule has 0 saturated carbocycles. The third-order valence-corrected chi connectivity index (χ3v) is 5.91. The lowest BCUT2D eigenvalue weighted by molar-refractivity contribution is -0.131. The summed E-state index contributed by atoms with van der Waals surface area (Å²) in [5.41, 5.74) is 0.157. The molecular weight excluding hydrogens is 429 g/mol. The minimum Gasteiger partial charge on any atom is -0.484 e. The fourth-order valence-corrected chi connectivity index (χ4v) is 4.48. The second-order valence-electron chi connectivity index (χ2n) is 7.56. The Morgan fingerprint density at radius 3 is 2.57 bits per heavy atom. The zero-order valence-electron chi connectivity index (χ0n) is 16.2. The van der Waals surface area contributed by atoms with Gasteiger partial charge in [-0.3, -0.25) is 14.4 Å². The van der Waals surface area contributed by atoms with Gasteiger partial charge in [0.15, 0.2) is 5.78 Å². The first-order valence-electron chi connectivity index (χ1n) is 9.55. The molecule has 0 atom stereocenters. The number of ketones is 1. The Morgan fingerprint density at radius 1 is 1.13 bits per heavy atom. The first-order valence-corrected chi connectivity index (χ1v) is 10.3. The molecule has 2 heterocycles. The average molecular weight is 448 g/mol. The predicted molar refractivity (Wildman–Crippen MR) is 112 cm³/mol. The van der Waals surface area contributed by atoms with Crippen LogP contribution in [0.15, 0.2) is 36.4 Å². The summed E-state index contributed by atoms with van der Waals surface area (Å²) < 4.78 is 11.3. The smallest absolute Gasteiger partial charge is 0.308 e. The molecule has 0 N–H and O–H groups in total. The third-order valence-electron chi connectivity index (χ3n) is 5.41. The largest absolute Gasteiger partial charge is 0.484 e. The molecule has 1 spiro atoms. The zero-order valence-corrected chi connectivity index (χ0v) is 17.8. The number of halogens is 2. The quantitative estimate of drug-likeness (QED) is 0.498. The number of amides is 1. The summed E-state index contributed by atoms with van der Waals surface area (Å²) in [6, 6.07) is 9.66. The number of rotatable bonds is 2. The van der Waals surface area contributed by atoms with E-state index in [-0.39, 0.29) is 18.1 Å². The van der Waals surface area contributed by atoms with E-state index in [4.69, 9.17) is 32.7 Å². The van der Waals surface area contributed by atoms with E-state index in [2.05, 4.69) is 0 Å². The molecular formula is C22H19Cl2NO5. The standard InChI is InChI=1S/C22H19Cl2NO5/c1-13(26)29-16-4-2-3-14(9-16)21(28)25-7-5-22(6-8-25)12-19(27)17-10-15(23)11-18(24)20(17)30-22/h2-4,9-11H,5-8,12H2,1H3. The number of nitrogens with zero attached hydrogens (tertiary/aromatic N) is 1. The van der Waals surface area contributed by atoms with Gasteiger partial charge in [-0.2, -0.15) is 0 Å². The normalized spacial score (nSPS) is 17.3. The van der Waals surface area contributed by atoms with Crippen LogP contribution in [0.3, 0.4) is 0 Å². The number of carbonyl (C=O) groups is 3. The summed E-state index contributed by atoms with van der Waals surface area (Å²) in [7, 11) is 0. The molecule has 30 heavy (non-hydrogen) atoms. The van der Waals surface area contributed by atoms with Crippen molar-refractivity contribution < 1.29 is 23.9 Å². The molecule has 1 saturated heterocycles. The summed E-state index contributed by atoms with van der Waals surface area (Å²) in [5.74, 6) is 0.0266. The van der Waals surface area contributed by atoms with Crippen LogP contribution < -0.4 is 9.47 Å². The minimum atomic E-state index is -0.683. The van der Waals surface area contributed by atoms with Gasteiger partial charge in [0.1, 0.15) is 17.1 Å². The van der Waals surface area contributed by atoms with Gasteiger partial charge in [-0.1, -0.05) is 29.3 Å². The minimum absolute atomic E-state index is 0.0606. The highest BCUT2D eigenvalue weighted by atomic mass is 35.5. The Hall–Kier alpha value is -2.57. The predicted octanol–water partition coefficient (Wildman–Crippen LogP) is 4.56. The molecule has 2 aliphatic rings. The number of carbonyl (C=O) groups excluding carboxylic acids is 3. The topological polar surface area (TPSA) is 72.9 Å². The van der Waals surface area contributed by atoms with Gasteiger partial charge in [-0.05, 0) is 30.3 Å². The van der Waals surface area contributed by atoms with E-state index in [0.29, 0.717) is 58.6 Å². The van der Waals surface area contributed by atoms with Crippen molar-refractivity contribution in [2.24, 2.45) is 0 Å². The molecule has 0 aromatic heterocycles. The van der Waals surface area contributed by atoms with Crippen LogP contribution in [-0.2, 0) is 4.79 Å². The van der Waals surface area contributed by atoms with E-state index in [1.165, 1.54) is 6.92 Å². The summed E-state index contributed by atoms with van der Waals surface area (Å²) >= 11 is 12.3. The number of esters is 1. The van der Waals surface area contributed by atoms with E-state index < -0.39 is 11.6 Å². The molecule has 4 rings (SSSR count). The zero-order chi connectivity index (χ0) is 21.5. The molecule has 2 aliphatic heterocycles. The van der Waals surface area contributed by atoms with Crippen LogP contribution >= 0.6 is 23.2 Å². The molecule has 1 fully saturated rings. The van der Waals surface area contributed by atoms with Crippen LogP contribution in [0.1, 0.15) is 46.9 Å². The summed E-state index contributed by atoms with van der Waals surface area (Å²) in [6.07, 6.45) is 1.24. The molecule has 6 nitrogen and oxygen atoms in total. The van der Waals surface area contributed by atoms with Gasteiger partial charge in [-0.15, -0.1) is 0 Å². The number of likely N-dealkylation sites (tertiary alicyclic amines) is 1. The van der Waals surface area contributed by atoms with E-state index in [9.17, 15) is 14.4 Å². The maximum Gasteiger partial charge on any atom is 0.308 e. The number of benzene rings is 2. The SMILES string of the molecule is CC(=O)Oc1cccc(C(=O)N2CCC3(CC2)CC(=O)c2cc(Cl)cc(Cl)c2O3)c1. The van der Waals surface area contributed by atoms with Crippen LogP contribution in [0.25, 0.3) is 0 Å². The summed E-state index contributed by atoms with van der Waals surface area (Å²) in [6.45, 7) is 2.18. The van der Waals surface area contributed by atoms with Crippen LogP contribution in [0.4, 0.5) is 0 Å². The van der Waals surface area contributed by atoms with Crippen molar-refractivity contribution in [1.82, 2.24) is 4.90 Å². The van der Waals surface area contributed by atoms with Crippen molar-refractivity contribution >= 4 is 40.9 Å². The fraction of sp³-hybridized carbons (Fsp3) is 0.318. The first kappa shape index (κ1) is 20.7. The maximum absolute atomic E-state index is 12.9. The molecule has 8 heteroatoms. The lowest BCUT2D eigenvalue weighted by Gasteiger charge is -2.44. The Balaban J connectivity index is 1.48. The van der Waals surface area contributed by atoms with Gasteiger partial charge >= 0.3 is 5.97 Å². The lowest BCUT2D eigenvalue weighted by atomic mass is 9.82. The maximum atomic E-state index is 12.9. The van der Waals surface area contributed by atoms with Crippen LogP contribution in [0, 0.1) is 0 Å². The Bertz CT molecular complexity index is 1040. The van der Waals surface area contributed by atoms with Crippen LogP contribution in [0.2, 0.25) is 10.0 Å². The van der Waals surface area contributed by atoms with Crippen molar-refractivity contribution in [2.45, 2.75) is 31.8 Å². The number of Topliss-reactive ketones (excluding diaryl/α,β-unsaturated/α-hetero) is 1. The number of piperidine rings is 1. The third kappa shape index (κ3) is 4.02. The molecule has 1 amide bonds. The number of ether oxygens (including phenoxy) is 2. The Morgan fingerprint density at radius 2 is 1.87 bits per heavy atom. The second kappa shape index (κ2) is 7.93. The van der Waals surface area contributed by atoms with Crippen molar-refractivity contribution in [3.8, 4) is 11.5 Å². The summed E-state index contributed by atoms with van der Waals surface area (Å²) in [4.78, 5) is 38.5. The van der Waals surface area contributed by atoms with E-state index in [0.717, 1.165) is 0 Å². The highest BCUT2D eigenvalue weighted by molar-refractivity contribution is 6.36. The highest BCUT2D eigenvalue weighted by Gasteiger charge is 2.44. The van der Waals surface area contributed by atoms with E-state index >= 15 is 0 Å². The second-order valence-corrected chi connectivity index (χ2v) is 8.41. The van der Waals surface area contributed by atoms with Gasteiger partial charge < -0.3 is 14.4 Å². The average Bonchev–Trinajstić information content (AvgIpc) is 2.69. The monoisotopic (exact) mass is 447 g/mol. The van der Waals surface area contributed by atoms with Gasteiger partial charge in [-0.25, -0.2) is 0 Å². The Kier molecular flexibility index (Phi) is 5.47.